The van der Waals surface area contributed by atoms with Gasteiger partial charge in [0.1, 0.15) is 0 Å². The van der Waals surface area contributed by atoms with Crippen LogP contribution in [-0.4, -0.2) is 29.8 Å². The van der Waals surface area contributed by atoms with Crippen molar-refractivity contribution >= 4 is 0 Å². The van der Waals surface area contributed by atoms with Crippen LogP contribution in [0.5, 0.6) is 0 Å². The maximum absolute atomic E-state index is 12.8. The molecule has 0 aliphatic rings. The zero-order chi connectivity index (χ0) is 17.5. The lowest BCUT2D eigenvalue weighted by Crippen LogP contribution is -2.67. The van der Waals surface area contributed by atoms with E-state index in [1.807, 2.05) is 0 Å². The van der Waals surface area contributed by atoms with Crippen LogP contribution in [0, 0.1) is 6.61 Å². The molecular formula is C8H5F12O. The van der Waals surface area contributed by atoms with Gasteiger partial charge in [-0.1, -0.05) is 6.92 Å². The molecule has 0 N–H and O–H groups in total. The van der Waals surface area contributed by atoms with Crippen molar-refractivity contribution in [3.8, 4) is 0 Å². The lowest BCUT2D eigenvalue weighted by Gasteiger charge is -2.38. The topological polar surface area (TPSA) is 9.23 Å². The summed E-state index contributed by atoms with van der Waals surface area (Å²) in [7, 11) is 0. The van der Waals surface area contributed by atoms with Gasteiger partial charge >= 0.3 is 36.4 Å². The Morgan fingerprint density at radius 2 is 1.10 bits per heavy atom. The number of hydrogen-bond donors (Lipinski definition) is 0. The van der Waals surface area contributed by atoms with Gasteiger partial charge in [0.15, 0.2) is 0 Å². The Kier molecular flexibility index (Phi) is 5.17. The van der Waals surface area contributed by atoms with Crippen LogP contribution < -0.4 is 0 Å². The molecule has 0 aromatic heterocycles. The minimum absolute atomic E-state index is 0.186. The van der Waals surface area contributed by atoms with Crippen LogP contribution in [0.25, 0.3) is 0 Å². The second-order valence-electron chi connectivity index (χ2n) is 3.63. The van der Waals surface area contributed by atoms with E-state index in [0.717, 1.165) is 0 Å². The van der Waals surface area contributed by atoms with Crippen LogP contribution in [0.1, 0.15) is 13.3 Å². The monoisotopic (exact) mass is 345 g/mol. The SMILES string of the molecule is CCC(F)(F)C(F)(F)C(F)(F)C(F)(F)C(F)(F)O[C](F)F. The first kappa shape index (κ1) is 20.1. The third kappa shape index (κ3) is 3.01. The van der Waals surface area contributed by atoms with Gasteiger partial charge < -0.3 is 0 Å². The average molecular weight is 345 g/mol. The third-order valence-electron chi connectivity index (χ3n) is 2.26. The van der Waals surface area contributed by atoms with Crippen molar-refractivity contribution in [1.29, 1.82) is 0 Å². The van der Waals surface area contributed by atoms with Gasteiger partial charge in [-0.15, -0.1) is 0 Å². The molecule has 0 unspecified atom stereocenters. The summed E-state index contributed by atoms with van der Waals surface area (Å²) in [5.41, 5.74) is 0. The molecule has 0 atom stereocenters. The summed E-state index contributed by atoms with van der Waals surface area (Å²) < 4.78 is 151. The molecule has 127 valence electrons. The molecule has 1 nitrogen and oxygen atoms in total. The average Bonchev–Trinajstić information content (AvgIpc) is 2.26. The normalized spacial score (nSPS) is 15.7. The Bertz CT molecular complexity index is 362. The predicted octanol–water partition coefficient (Wildman–Crippen LogP) is 4.93. The molecule has 0 saturated heterocycles. The summed E-state index contributed by atoms with van der Waals surface area (Å²) in [5, 5.41) is 0. The molecule has 21 heavy (non-hydrogen) atoms. The van der Waals surface area contributed by atoms with Crippen LogP contribution in [0.2, 0.25) is 0 Å². The first-order valence-corrected chi connectivity index (χ1v) is 4.74. The van der Waals surface area contributed by atoms with E-state index >= 15 is 0 Å². The number of hydrogen-bond acceptors (Lipinski definition) is 1. The third-order valence-corrected chi connectivity index (χ3v) is 2.26. The van der Waals surface area contributed by atoms with Gasteiger partial charge in [0.25, 0.3) is 0 Å². The van der Waals surface area contributed by atoms with Gasteiger partial charge in [-0.3, -0.25) is 0 Å². The van der Waals surface area contributed by atoms with Crippen LogP contribution in [-0.2, 0) is 4.74 Å². The summed E-state index contributed by atoms with van der Waals surface area (Å²) in [6.07, 6.45) is -8.97. The molecule has 1 radical (unpaired) electrons. The first-order chi connectivity index (χ1) is 8.98. The van der Waals surface area contributed by atoms with Crippen molar-refractivity contribution in [3.05, 3.63) is 6.61 Å². The zero-order valence-electron chi connectivity index (χ0n) is 9.65. The Morgan fingerprint density at radius 1 is 0.714 bits per heavy atom. The van der Waals surface area contributed by atoms with E-state index in [-0.39, 0.29) is 6.92 Å². The number of rotatable bonds is 7. The lowest BCUT2D eigenvalue weighted by molar-refractivity contribution is -0.451. The fourth-order valence-corrected chi connectivity index (χ4v) is 0.993. The number of ether oxygens (including phenoxy) is 1. The van der Waals surface area contributed by atoms with Crippen molar-refractivity contribution in [3.63, 3.8) is 0 Å². The summed E-state index contributed by atoms with van der Waals surface area (Å²) >= 11 is 0. The van der Waals surface area contributed by atoms with Gasteiger partial charge in [0, 0.05) is 6.42 Å². The minimum atomic E-state index is -7.39. The van der Waals surface area contributed by atoms with Crippen molar-refractivity contribution < 1.29 is 57.4 Å². The van der Waals surface area contributed by atoms with Crippen LogP contribution in [0.3, 0.4) is 0 Å². The lowest BCUT2D eigenvalue weighted by atomic mass is 9.96. The van der Waals surface area contributed by atoms with E-state index < -0.39 is 42.8 Å². The van der Waals surface area contributed by atoms with E-state index in [1.54, 1.807) is 4.74 Å². The summed E-state index contributed by atoms with van der Waals surface area (Å²) in [5.74, 6) is -27.5. The van der Waals surface area contributed by atoms with Crippen molar-refractivity contribution in [2.75, 3.05) is 0 Å². The predicted molar refractivity (Wildman–Crippen MR) is 41.6 cm³/mol. The maximum atomic E-state index is 12.8. The molecule has 0 aromatic rings. The Labute approximate surface area is 108 Å². The maximum Gasteiger partial charge on any atom is 0.453 e. The van der Waals surface area contributed by atoms with Gasteiger partial charge in [-0.2, -0.15) is 52.7 Å². The van der Waals surface area contributed by atoms with E-state index in [9.17, 15) is 52.7 Å². The van der Waals surface area contributed by atoms with Crippen LogP contribution >= 0.6 is 0 Å². The van der Waals surface area contributed by atoms with E-state index in [4.69, 9.17) is 0 Å². The Hall–Kier alpha value is -0.880. The van der Waals surface area contributed by atoms with Gasteiger partial charge in [0.2, 0.25) is 0 Å². The molecule has 0 spiro atoms. The largest absolute Gasteiger partial charge is 0.453 e. The van der Waals surface area contributed by atoms with E-state index in [1.165, 1.54) is 0 Å². The molecule has 0 saturated carbocycles. The second kappa shape index (κ2) is 5.39. The molecule has 0 rings (SSSR count). The van der Waals surface area contributed by atoms with E-state index in [0.29, 0.717) is 0 Å². The molecule has 13 heteroatoms. The smallest absolute Gasteiger partial charge is 0.243 e. The zero-order valence-corrected chi connectivity index (χ0v) is 9.65. The minimum Gasteiger partial charge on any atom is -0.243 e. The summed E-state index contributed by atoms with van der Waals surface area (Å²) in [6, 6.07) is 0. The van der Waals surface area contributed by atoms with Gasteiger partial charge in [-0.25, -0.2) is 4.74 Å². The fraction of sp³-hybridized carbons (Fsp3) is 0.875. The number of alkyl halides is 10. The highest BCUT2D eigenvalue weighted by atomic mass is 19.4. The second-order valence-corrected chi connectivity index (χ2v) is 3.63. The molecule has 0 aliphatic heterocycles. The molecule has 0 bridgehead atoms. The molecule has 0 aromatic carbocycles. The number of halogens is 12. The highest BCUT2D eigenvalue weighted by Crippen LogP contribution is 2.58. The van der Waals surface area contributed by atoms with Crippen molar-refractivity contribution in [1.82, 2.24) is 0 Å². The molecular weight excluding hydrogens is 340 g/mol. The molecule has 0 amide bonds. The Balaban J connectivity index is 5.88. The van der Waals surface area contributed by atoms with E-state index in [2.05, 4.69) is 0 Å². The first-order valence-electron chi connectivity index (χ1n) is 4.74. The molecule has 0 heterocycles. The van der Waals surface area contributed by atoms with Gasteiger partial charge in [-0.05, 0) is 0 Å². The summed E-state index contributed by atoms with van der Waals surface area (Å²) in [6.45, 7) is -3.77. The van der Waals surface area contributed by atoms with Crippen molar-refractivity contribution in [2.24, 2.45) is 0 Å². The van der Waals surface area contributed by atoms with Crippen molar-refractivity contribution in [2.45, 2.75) is 43.1 Å². The summed E-state index contributed by atoms with van der Waals surface area (Å²) in [4.78, 5) is 0. The van der Waals surface area contributed by atoms with Crippen LogP contribution in [0.15, 0.2) is 0 Å². The fourth-order valence-electron chi connectivity index (χ4n) is 0.993. The highest BCUT2D eigenvalue weighted by molar-refractivity contribution is 5.06. The Morgan fingerprint density at radius 3 is 1.38 bits per heavy atom. The van der Waals surface area contributed by atoms with Gasteiger partial charge in [0.05, 0.1) is 0 Å². The highest BCUT2D eigenvalue weighted by Gasteiger charge is 2.87. The standard InChI is InChI=1S/C8H5F12O/c1-2-4(11,12)5(13,14)6(15,16)7(17,18)8(19,20)21-3(9)10/h2H2,1H3. The molecule has 0 aliphatic carbocycles. The quantitative estimate of drug-likeness (QED) is 0.595. The molecule has 0 fully saturated rings. The van der Waals surface area contributed by atoms with Crippen LogP contribution in [0.4, 0.5) is 52.7 Å².